The van der Waals surface area contributed by atoms with Gasteiger partial charge < -0.3 is 4.74 Å². The van der Waals surface area contributed by atoms with E-state index in [1.807, 2.05) is 6.92 Å². The molecule has 2 aromatic heterocycles. The molecule has 0 aliphatic rings. The first-order valence-electron chi connectivity index (χ1n) is 4.51. The molecule has 2 aromatic rings. The summed E-state index contributed by atoms with van der Waals surface area (Å²) in [6, 6.07) is 1.70. The molecule has 2 heterocycles. The van der Waals surface area contributed by atoms with Crippen LogP contribution in [0.15, 0.2) is 12.3 Å². The van der Waals surface area contributed by atoms with Gasteiger partial charge in [-0.15, -0.1) is 0 Å². The largest absolute Gasteiger partial charge is 0.465 e. The fourth-order valence-corrected chi connectivity index (χ4v) is 1.52. The Morgan fingerprint density at radius 3 is 2.93 bits per heavy atom. The van der Waals surface area contributed by atoms with Crippen LogP contribution in [0.2, 0.25) is 0 Å². The third kappa shape index (κ3) is 1.45. The maximum atomic E-state index is 11.5. The van der Waals surface area contributed by atoms with E-state index < -0.39 is 0 Å². The molecule has 5 nitrogen and oxygen atoms in total. The molecule has 0 bridgehead atoms. The van der Waals surface area contributed by atoms with Gasteiger partial charge in [0.1, 0.15) is 0 Å². The lowest BCUT2D eigenvalue weighted by Crippen LogP contribution is -2.04. The number of aryl methyl sites for hydroxylation is 2. The first kappa shape index (κ1) is 9.64. The number of carbonyl (C=O) groups is 1. The van der Waals surface area contributed by atoms with Crippen LogP contribution >= 0.6 is 0 Å². The summed E-state index contributed by atoms with van der Waals surface area (Å²) in [5.74, 6) is -0.362. The van der Waals surface area contributed by atoms with Gasteiger partial charge in [0.05, 0.1) is 24.3 Å². The summed E-state index contributed by atoms with van der Waals surface area (Å²) in [6.07, 6.45) is 1.62. The third-order valence-corrected chi connectivity index (χ3v) is 2.24. The number of carbonyl (C=O) groups excluding carboxylic acids is 1. The lowest BCUT2D eigenvalue weighted by Gasteiger charge is -2.02. The van der Waals surface area contributed by atoms with Crippen LogP contribution in [-0.4, -0.2) is 27.8 Å². The summed E-state index contributed by atoms with van der Waals surface area (Å²) in [7, 11) is 3.15. The van der Waals surface area contributed by atoms with Crippen LogP contribution in [0.3, 0.4) is 0 Å². The maximum Gasteiger partial charge on any atom is 0.338 e. The predicted octanol–water partition coefficient (Wildman–Crippen LogP) is 1.06. The van der Waals surface area contributed by atoms with E-state index in [0.29, 0.717) is 11.2 Å². The zero-order chi connectivity index (χ0) is 11.0. The molecule has 0 fully saturated rings. The van der Waals surface area contributed by atoms with Crippen LogP contribution in [0.4, 0.5) is 0 Å². The first-order chi connectivity index (χ1) is 7.13. The van der Waals surface area contributed by atoms with E-state index >= 15 is 0 Å². The number of rotatable bonds is 1. The van der Waals surface area contributed by atoms with E-state index in [2.05, 4.69) is 10.1 Å². The number of aromatic nitrogens is 3. The third-order valence-electron chi connectivity index (χ3n) is 2.24. The molecule has 0 amide bonds. The topological polar surface area (TPSA) is 57.0 Å². The number of ether oxygens (including phenoxy) is 1. The fourth-order valence-electron chi connectivity index (χ4n) is 1.52. The number of esters is 1. The van der Waals surface area contributed by atoms with Crippen molar-refractivity contribution in [3.8, 4) is 0 Å². The van der Waals surface area contributed by atoms with Crippen LogP contribution in [0.1, 0.15) is 16.1 Å². The SMILES string of the molecule is COC(=O)c1cc(C)nc2c1cnn2C. The molecule has 15 heavy (non-hydrogen) atoms. The number of nitrogens with zero attached hydrogens (tertiary/aromatic N) is 3. The van der Waals surface area contributed by atoms with Gasteiger partial charge in [-0.25, -0.2) is 9.78 Å². The number of pyridine rings is 1. The van der Waals surface area contributed by atoms with E-state index in [1.54, 1.807) is 24.0 Å². The van der Waals surface area contributed by atoms with Gasteiger partial charge in [-0.3, -0.25) is 4.68 Å². The minimum Gasteiger partial charge on any atom is -0.465 e. The minimum absolute atomic E-state index is 0.362. The highest BCUT2D eigenvalue weighted by Crippen LogP contribution is 2.18. The second-order valence-electron chi connectivity index (χ2n) is 3.31. The van der Waals surface area contributed by atoms with Gasteiger partial charge in [0.2, 0.25) is 0 Å². The summed E-state index contributed by atoms with van der Waals surface area (Å²) in [4.78, 5) is 15.8. The molecule has 0 N–H and O–H groups in total. The van der Waals surface area contributed by atoms with Crippen LogP contribution < -0.4 is 0 Å². The average Bonchev–Trinajstić information content (AvgIpc) is 2.58. The molecule has 0 aliphatic carbocycles. The zero-order valence-electron chi connectivity index (χ0n) is 8.81. The van der Waals surface area contributed by atoms with Crippen molar-refractivity contribution in [1.82, 2.24) is 14.8 Å². The molecule has 78 valence electrons. The van der Waals surface area contributed by atoms with Gasteiger partial charge in [0, 0.05) is 12.7 Å². The van der Waals surface area contributed by atoms with Crippen molar-refractivity contribution in [2.75, 3.05) is 7.11 Å². The highest BCUT2D eigenvalue weighted by Gasteiger charge is 2.14. The molecule has 2 rings (SSSR count). The monoisotopic (exact) mass is 205 g/mol. The second-order valence-corrected chi connectivity index (χ2v) is 3.31. The summed E-state index contributed by atoms with van der Waals surface area (Å²) in [5.41, 5.74) is 1.97. The van der Waals surface area contributed by atoms with E-state index in [9.17, 15) is 4.79 Å². The summed E-state index contributed by atoms with van der Waals surface area (Å²) in [6.45, 7) is 1.83. The van der Waals surface area contributed by atoms with E-state index in [0.717, 1.165) is 11.1 Å². The molecular weight excluding hydrogens is 194 g/mol. The highest BCUT2D eigenvalue weighted by atomic mass is 16.5. The average molecular weight is 205 g/mol. The lowest BCUT2D eigenvalue weighted by molar-refractivity contribution is 0.0603. The number of hydrogen-bond acceptors (Lipinski definition) is 4. The van der Waals surface area contributed by atoms with Crippen molar-refractivity contribution < 1.29 is 9.53 Å². The van der Waals surface area contributed by atoms with E-state index in [-0.39, 0.29) is 5.97 Å². The Balaban J connectivity index is 2.78. The van der Waals surface area contributed by atoms with Crippen molar-refractivity contribution in [1.29, 1.82) is 0 Å². The summed E-state index contributed by atoms with van der Waals surface area (Å²) in [5, 5.41) is 4.78. The molecule has 0 radical (unpaired) electrons. The Morgan fingerprint density at radius 2 is 2.27 bits per heavy atom. The number of hydrogen-bond donors (Lipinski definition) is 0. The van der Waals surface area contributed by atoms with Gasteiger partial charge in [-0.1, -0.05) is 0 Å². The fraction of sp³-hybridized carbons (Fsp3) is 0.300. The second kappa shape index (κ2) is 3.34. The molecule has 0 saturated carbocycles. The molecule has 0 atom stereocenters. The van der Waals surface area contributed by atoms with Crippen LogP contribution in [-0.2, 0) is 11.8 Å². The van der Waals surface area contributed by atoms with Gasteiger partial charge in [-0.2, -0.15) is 5.10 Å². The molecular formula is C10H11N3O2. The number of fused-ring (bicyclic) bond motifs is 1. The van der Waals surface area contributed by atoms with Crippen LogP contribution in [0, 0.1) is 6.92 Å². The first-order valence-corrected chi connectivity index (χ1v) is 4.51. The Bertz CT molecular complexity index is 531. The quantitative estimate of drug-likeness (QED) is 0.653. The van der Waals surface area contributed by atoms with Crippen LogP contribution in [0.5, 0.6) is 0 Å². The van der Waals surface area contributed by atoms with Crippen molar-refractivity contribution in [2.24, 2.45) is 7.05 Å². The van der Waals surface area contributed by atoms with Crippen LogP contribution in [0.25, 0.3) is 11.0 Å². The number of methoxy groups -OCH3 is 1. The molecule has 0 spiro atoms. The van der Waals surface area contributed by atoms with Crippen molar-refractivity contribution in [3.63, 3.8) is 0 Å². The Kier molecular flexibility index (Phi) is 2.15. The van der Waals surface area contributed by atoms with E-state index in [1.165, 1.54) is 7.11 Å². The smallest absolute Gasteiger partial charge is 0.338 e. The van der Waals surface area contributed by atoms with E-state index in [4.69, 9.17) is 4.74 Å². The molecule has 0 aliphatic heterocycles. The van der Waals surface area contributed by atoms with Gasteiger partial charge in [-0.05, 0) is 13.0 Å². The van der Waals surface area contributed by atoms with Gasteiger partial charge >= 0.3 is 5.97 Å². The zero-order valence-corrected chi connectivity index (χ0v) is 8.81. The molecule has 5 heteroatoms. The van der Waals surface area contributed by atoms with Gasteiger partial charge in [0.15, 0.2) is 5.65 Å². The summed E-state index contributed by atoms with van der Waals surface area (Å²) < 4.78 is 6.34. The molecule has 0 saturated heterocycles. The van der Waals surface area contributed by atoms with Gasteiger partial charge in [0.25, 0.3) is 0 Å². The molecule has 0 aromatic carbocycles. The Morgan fingerprint density at radius 1 is 1.53 bits per heavy atom. The molecule has 0 unspecified atom stereocenters. The normalized spacial score (nSPS) is 10.6. The lowest BCUT2D eigenvalue weighted by atomic mass is 10.1. The summed E-state index contributed by atoms with van der Waals surface area (Å²) >= 11 is 0. The predicted molar refractivity (Wildman–Crippen MR) is 54.6 cm³/mol. The van der Waals surface area contributed by atoms with Crippen molar-refractivity contribution in [2.45, 2.75) is 6.92 Å². The maximum absolute atomic E-state index is 11.5. The minimum atomic E-state index is -0.362. The highest BCUT2D eigenvalue weighted by molar-refractivity contribution is 6.02. The standard InChI is InChI=1S/C10H11N3O2/c1-6-4-7(10(14)15-3)8-5-11-13(2)9(8)12-6/h4-5H,1-3H3. The van der Waals surface area contributed by atoms with Crippen molar-refractivity contribution >= 4 is 17.0 Å². The Hall–Kier alpha value is -1.91. The van der Waals surface area contributed by atoms with Crippen molar-refractivity contribution in [3.05, 3.63) is 23.5 Å². The Labute approximate surface area is 86.7 Å².